The van der Waals surface area contributed by atoms with Crippen molar-refractivity contribution >= 4 is 5.71 Å². The fourth-order valence-electron chi connectivity index (χ4n) is 1.54. The fraction of sp³-hybridized carbons (Fsp3) is 0. The number of aliphatic imine (C=N–C) groups is 1. The van der Waals surface area contributed by atoms with Crippen LogP contribution in [0.3, 0.4) is 0 Å². The molecule has 0 fully saturated rings. The first-order chi connectivity index (χ1) is 7.42. The summed E-state index contributed by atoms with van der Waals surface area (Å²) in [6.45, 7) is 0. The number of hydrogen-bond acceptors (Lipinski definition) is 1. The van der Waals surface area contributed by atoms with Crippen LogP contribution in [0.2, 0.25) is 0 Å². The maximum Gasteiger partial charge on any atom is 0 e. The normalized spacial score (nSPS) is 9.00. The van der Waals surface area contributed by atoms with Gasteiger partial charge in [-0.3, -0.25) is 0 Å². The maximum atomic E-state index is 4.10. The molecule has 0 aliphatic heterocycles. The van der Waals surface area contributed by atoms with Crippen LogP contribution in [-0.2, 0) is 20.4 Å². The topological polar surface area (TPSA) is 12.4 Å². The second-order valence-corrected chi connectivity index (χ2v) is 3.24. The molecule has 0 heterocycles. The molecule has 81 valence electrons. The molecule has 2 aromatic rings. The van der Waals surface area contributed by atoms with Gasteiger partial charge < -0.3 is 4.99 Å². The minimum Gasteiger partial charge on any atom is -0.449 e. The van der Waals surface area contributed by atoms with E-state index in [1.54, 1.807) is 0 Å². The average molecular weight is 380 g/mol. The van der Waals surface area contributed by atoms with Gasteiger partial charge in [-0.1, -0.05) is 77.5 Å². The Balaban J connectivity index is 0.00000128. The van der Waals surface area contributed by atoms with Crippen LogP contribution in [0.25, 0.3) is 0 Å². The van der Waals surface area contributed by atoms with Crippen LogP contribution in [0, 0.1) is 7.05 Å². The van der Waals surface area contributed by atoms with E-state index in [1.165, 1.54) is 0 Å². The van der Waals surface area contributed by atoms with Crippen molar-refractivity contribution in [2.45, 2.75) is 0 Å². The molecule has 1 radical (unpaired) electrons. The minimum absolute atomic E-state index is 0. The van der Waals surface area contributed by atoms with E-state index in [0.717, 1.165) is 16.8 Å². The number of benzene rings is 2. The smallest absolute Gasteiger partial charge is 0 e. The predicted molar refractivity (Wildman–Crippen MR) is 63.9 cm³/mol. The Bertz CT molecular complexity index is 407. The fourth-order valence-corrected chi connectivity index (χ4v) is 1.54. The molecule has 1 nitrogen and oxygen atoms in total. The monoisotopic (exact) mass is 381 g/mol. The minimum atomic E-state index is 0. The Kier molecular flexibility index (Phi) is 4.98. The summed E-state index contributed by atoms with van der Waals surface area (Å²) < 4.78 is 0. The quantitative estimate of drug-likeness (QED) is 0.560. The standard InChI is InChI=1S/C14H12N.Re/c1-15-14(12-8-4-2-5-9-12)13-10-6-3-7-11-13;/h2-11H,1H2;/q-1;. The first-order valence-electron chi connectivity index (χ1n) is 4.86. The molecular weight excluding hydrogens is 368 g/mol. The van der Waals surface area contributed by atoms with Gasteiger partial charge in [-0.15, -0.1) is 0 Å². The van der Waals surface area contributed by atoms with Gasteiger partial charge in [0.15, 0.2) is 0 Å². The molecule has 0 bridgehead atoms. The van der Waals surface area contributed by atoms with Gasteiger partial charge in [0, 0.05) is 20.4 Å². The van der Waals surface area contributed by atoms with Gasteiger partial charge in [-0.05, 0) is 0 Å². The Morgan fingerprint density at radius 1 is 0.750 bits per heavy atom. The van der Waals surface area contributed by atoms with E-state index in [0.29, 0.717) is 0 Å². The molecule has 0 spiro atoms. The maximum absolute atomic E-state index is 4.10. The Morgan fingerprint density at radius 2 is 1.12 bits per heavy atom. The average Bonchev–Trinajstić information content (AvgIpc) is 2.33. The molecule has 0 atom stereocenters. The zero-order valence-electron chi connectivity index (χ0n) is 8.81. The summed E-state index contributed by atoms with van der Waals surface area (Å²) in [5, 5.41) is 0. The molecule has 2 heteroatoms. The van der Waals surface area contributed by atoms with E-state index in [-0.39, 0.29) is 20.4 Å². The van der Waals surface area contributed by atoms with E-state index in [4.69, 9.17) is 0 Å². The number of nitrogens with zero attached hydrogens (tertiary/aromatic N) is 1. The van der Waals surface area contributed by atoms with Crippen molar-refractivity contribution in [1.29, 1.82) is 0 Å². The van der Waals surface area contributed by atoms with Gasteiger partial charge in [0.05, 0.1) is 0 Å². The molecule has 0 saturated heterocycles. The van der Waals surface area contributed by atoms with Crippen LogP contribution < -0.4 is 0 Å². The Hall–Kier alpha value is -1.36. The first kappa shape index (κ1) is 12.7. The summed E-state index contributed by atoms with van der Waals surface area (Å²) in [5.74, 6) is 0. The summed E-state index contributed by atoms with van der Waals surface area (Å²) in [4.78, 5) is 4.10. The molecule has 0 amide bonds. The molecule has 0 saturated carbocycles. The Morgan fingerprint density at radius 3 is 1.44 bits per heavy atom. The van der Waals surface area contributed by atoms with Gasteiger partial charge in [0.25, 0.3) is 0 Å². The molecule has 0 aliphatic rings. The summed E-state index contributed by atoms with van der Waals surface area (Å²) in [5.41, 5.74) is 3.12. The van der Waals surface area contributed by atoms with Gasteiger partial charge in [-0.25, -0.2) is 0 Å². The largest absolute Gasteiger partial charge is 0.449 e. The van der Waals surface area contributed by atoms with Crippen molar-refractivity contribution in [1.82, 2.24) is 0 Å². The third kappa shape index (κ3) is 2.82. The van der Waals surface area contributed by atoms with Gasteiger partial charge in [0.2, 0.25) is 0 Å². The van der Waals surface area contributed by atoms with Crippen LogP contribution in [-0.4, -0.2) is 5.71 Å². The van der Waals surface area contributed by atoms with Crippen molar-refractivity contribution in [2.75, 3.05) is 0 Å². The summed E-state index contributed by atoms with van der Waals surface area (Å²) >= 11 is 0. The van der Waals surface area contributed by atoms with Crippen LogP contribution in [0.4, 0.5) is 0 Å². The molecule has 0 N–H and O–H groups in total. The second-order valence-electron chi connectivity index (χ2n) is 3.24. The van der Waals surface area contributed by atoms with E-state index < -0.39 is 0 Å². The Labute approximate surface area is 110 Å². The van der Waals surface area contributed by atoms with Crippen LogP contribution in [0.1, 0.15) is 11.1 Å². The summed E-state index contributed by atoms with van der Waals surface area (Å²) in [7, 11) is 3.63. The van der Waals surface area contributed by atoms with Crippen molar-refractivity contribution in [3.63, 3.8) is 0 Å². The van der Waals surface area contributed by atoms with Crippen LogP contribution in [0.15, 0.2) is 65.7 Å². The van der Waals surface area contributed by atoms with Crippen molar-refractivity contribution in [2.24, 2.45) is 4.99 Å². The molecule has 0 unspecified atom stereocenters. The molecule has 2 rings (SSSR count). The third-order valence-electron chi connectivity index (χ3n) is 2.25. The van der Waals surface area contributed by atoms with Crippen LogP contribution in [0.5, 0.6) is 0 Å². The summed E-state index contributed by atoms with van der Waals surface area (Å²) in [6.07, 6.45) is 0. The molecular formula is C14H12NRe-. The first-order valence-corrected chi connectivity index (χ1v) is 4.86. The zero-order valence-corrected chi connectivity index (χ0v) is 11.5. The molecule has 0 aliphatic carbocycles. The van der Waals surface area contributed by atoms with E-state index >= 15 is 0 Å². The molecule has 2 aromatic carbocycles. The third-order valence-corrected chi connectivity index (χ3v) is 2.25. The SMILES string of the molecule is [CH2-]N=C(c1ccccc1)c1ccccc1.[Re]. The van der Waals surface area contributed by atoms with Crippen molar-refractivity contribution in [3.05, 3.63) is 78.8 Å². The number of rotatable bonds is 2. The zero-order chi connectivity index (χ0) is 10.5. The van der Waals surface area contributed by atoms with E-state index in [9.17, 15) is 0 Å². The van der Waals surface area contributed by atoms with Crippen molar-refractivity contribution < 1.29 is 20.4 Å². The van der Waals surface area contributed by atoms with Gasteiger partial charge >= 0.3 is 0 Å². The second kappa shape index (κ2) is 6.27. The van der Waals surface area contributed by atoms with Gasteiger partial charge in [-0.2, -0.15) is 7.05 Å². The molecule has 0 aromatic heterocycles. The predicted octanol–water partition coefficient (Wildman–Crippen LogP) is 3.31. The number of hydrogen-bond donors (Lipinski definition) is 0. The summed E-state index contributed by atoms with van der Waals surface area (Å²) in [6, 6.07) is 20.2. The van der Waals surface area contributed by atoms with Crippen LogP contribution >= 0.6 is 0 Å². The van der Waals surface area contributed by atoms with E-state index in [2.05, 4.69) is 12.0 Å². The van der Waals surface area contributed by atoms with Gasteiger partial charge in [0.1, 0.15) is 0 Å². The van der Waals surface area contributed by atoms with E-state index in [1.807, 2.05) is 60.7 Å². The molecule has 16 heavy (non-hydrogen) atoms. The van der Waals surface area contributed by atoms with Crippen molar-refractivity contribution in [3.8, 4) is 0 Å².